The number of hydrogen-bond donors (Lipinski definition) is 2. The predicted octanol–water partition coefficient (Wildman–Crippen LogP) is 1.58. The highest BCUT2D eigenvalue weighted by atomic mass is 16.5. The fourth-order valence-electron chi connectivity index (χ4n) is 2.51. The van der Waals surface area contributed by atoms with Gasteiger partial charge in [-0.3, -0.25) is 0 Å². The summed E-state index contributed by atoms with van der Waals surface area (Å²) in [6, 6.07) is 10.0. The zero-order valence-electron chi connectivity index (χ0n) is 9.96. The summed E-state index contributed by atoms with van der Waals surface area (Å²) in [5.74, 6) is 0.486. The molecule has 1 aliphatic carbocycles. The van der Waals surface area contributed by atoms with Crippen LogP contribution in [0, 0.1) is 11.8 Å². The van der Waals surface area contributed by atoms with Crippen molar-refractivity contribution in [1.82, 2.24) is 0 Å². The lowest BCUT2D eigenvalue weighted by atomic mass is 9.98. The van der Waals surface area contributed by atoms with Gasteiger partial charge in [0.1, 0.15) is 0 Å². The molecule has 1 unspecified atom stereocenters. The summed E-state index contributed by atoms with van der Waals surface area (Å²) in [5, 5.41) is 18.8. The minimum Gasteiger partial charge on any atom is -0.396 e. The van der Waals surface area contributed by atoms with Crippen LogP contribution in [0.3, 0.4) is 0 Å². The fourth-order valence-corrected chi connectivity index (χ4v) is 2.51. The Kier molecular flexibility index (Phi) is 4.54. The zero-order chi connectivity index (χ0) is 12.1. The lowest BCUT2D eigenvalue weighted by Crippen LogP contribution is -2.17. The summed E-state index contributed by atoms with van der Waals surface area (Å²) >= 11 is 0. The third kappa shape index (κ3) is 3.53. The maximum absolute atomic E-state index is 9.55. The van der Waals surface area contributed by atoms with E-state index in [1.165, 1.54) is 0 Å². The fraction of sp³-hybridized carbons (Fsp3) is 0.571. The standard InChI is InChI=1S/C14H20O3/c15-8-12-6-14(16)7-13(12)10-17-9-11-4-2-1-3-5-11/h1-5,12-16H,6-10H2/t12-,13?,14+/m1/s1. The molecule has 0 radical (unpaired) electrons. The van der Waals surface area contributed by atoms with Crippen LogP contribution in [0.25, 0.3) is 0 Å². The Morgan fingerprint density at radius 2 is 1.82 bits per heavy atom. The molecule has 0 saturated heterocycles. The van der Waals surface area contributed by atoms with E-state index in [0.717, 1.165) is 12.0 Å². The van der Waals surface area contributed by atoms with E-state index in [1.807, 2.05) is 30.3 Å². The molecule has 1 saturated carbocycles. The van der Waals surface area contributed by atoms with Crippen LogP contribution in [0.15, 0.2) is 30.3 Å². The second-order valence-electron chi connectivity index (χ2n) is 4.83. The maximum atomic E-state index is 9.55. The van der Waals surface area contributed by atoms with Crippen LogP contribution < -0.4 is 0 Å². The number of rotatable bonds is 5. The van der Waals surface area contributed by atoms with Crippen molar-refractivity contribution < 1.29 is 14.9 Å². The number of benzene rings is 1. The summed E-state index contributed by atoms with van der Waals surface area (Å²) < 4.78 is 5.66. The van der Waals surface area contributed by atoms with Crippen molar-refractivity contribution >= 4 is 0 Å². The van der Waals surface area contributed by atoms with Gasteiger partial charge in [-0.2, -0.15) is 0 Å². The highest BCUT2D eigenvalue weighted by Crippen LogP contribution is 2.31. The summed E-state index contributed by atoms with van der Waals surface area (Å²) in [4.78, 5) is 0. The minimum atomic E-state index is -0.266. The van der Waals surface area contributed by atoms with Crippen LogP contribution in [0.2, 0.25) is 0 Å². The molecule has 0 aliphatic heterocycles. The van der Waals surface area contributed by atoms with Gasteiger partial charge in [-0.05, 0) is 30.2 Å². The number of ether oxygens (including phenoxy) is 1. The first-order valence-electron chi connectivity index (χ1n) is 6.20. The SMILES string of the molecule is OC[C@H]1C[C@H](O)CC1COCc1ccccc1. The molecule has 1 fully saturated rings. The first kappa shape index (κ1) is 12.6. The molecule has 3 atom stereocenters. The molecule has 17 heavy (non-hydrogen) atoms. The predicted molar refractivity (Wildman–Crippen MR) is 65.4 cm³/mol. The monoisotopic (exact) mass is 236 g/mol. The maximum Gasteiger partial charge on any atom is 0.0717 e. The molecule has 2 N–H and O–H groups in total. The van der Waals surface area contributed by atoms with Gasteiger partial charge in [-0.15, -0.1) is 0 Å². The molecule has 94 valence electrons. The minimum absolute atomic E-state index is 0.149. The van der Waals surface area contributed by atoms with E-state index < -0.39 is 0 Å². The molecule has 1 aliphatic rings. The smallest absolute Gasteiger partial charge is 0.0717 e. The summed E-state index contributed by atoms with van der Waals surface area (Å²) in [5.41, 5.74) is 1.16. The third-order valence-corrected chi connectivity index (χ3v) is 3.49. The van der Waals surface area contributed by atoms with Crippen molar-refractivity contribution in [3.05, 3.63) is 35.9 Å². The lowest BCUT2D eigenvalue weighted by Gasteiger charge is -2.16. The molecular weight excluding hydrogens is 216 g/mol. The third-order valence-electron chi connectivity index (χ3n) is 3.49. The van der Waals surface area contributed by atoms with E-state index >= 15 is 0 Å². The zero-order valence-corrected chi connectivity index (χ0v) is 9.96. The van der Waals surface area contributed by atoms with E-state index in [2.05, 4.69) is 0 Å². The van der Waals surface area contributed by atoms with Gasteiger partial charge in [-0.1, -0.05) is 30.3 Å². The second kappa shape index (κ2) is 6.15. The molecule has 0 aromatic heterocycles. The van der Waals surface area contributed by atoms with Gasteiger partial charge in [-0.25, -0.2) is 0 Å². The Labute approximate surface area is 102 Å². The van der Waals surface area contributed by atoms with Crippen molar-refractivity contribution in [1.29, 1.82) is 0 Å². The van der Waals surface area contributed by atoms with Crippen LogP contribution >= 0.6 is 0 Å². The molecule has 2 rings (SSSR count). The van der Waals surface area contributed by atoms with Crippen LogP contribution in [0.4, 0.5) is 0 Å². The average molecular weight is 236 g/mol. The topological polar surface area (TPSA) is 49.7 Å². The van der Waals surface area contributed by atoms with Gasteiger partial charge in [0, 0.05) is 6.61 Å². The molecule has 1 aromatic carbocycles. The van der Waals surface area contributed by atoms with Crippen molar-refractivity contribution in [2.75, 3.05) is 13.2 Å². The van der Waals surface area contributed by atoms with Crippen molar-refractivity contribution in [2.24, 2.45) is 11.8 Å². The van der Waals surface area contributed by atoms with Crippen molar-refractivity contribution in [2.45, 2.75) is 25.6 Å². The number of hydrogen-bond acceptors (Lipinski definition) is 3. The summed E-state index contributed by atoms with van der Waals surface area (Å²) in [7, 11) is 0. The molecule has 0 amide bonds. The normalized spacial score (nSPS) is 28.5. The molecule has 1 aromatic rings. The van der Waals surface area contributed by atoms with Crippen LogP contribution in [0.5, 0.6) is 0 Å². The van der Waals surface area contributed by atoms with Crippen LogP contribution in [0.1, 0.15) is 18.4 Å². The van der Waals surface area contributed by atoms with E-state index in [1.54, 1.807) is 0 Å². The Morgan fingerprint density at radius 1 is 1.12 bits per heavy atom. The molecular formula is C14H20O3. The van der Waals surface area contributed by atoms with Crippen LogP contribution in [-0.4, -0.2) is 29.5 Å². The van der Waals surface area contributed by atoms with E-state index in [4.69, 9.17) is 4.74 Å². The Morgan fingerprint density at radius 3 is 2.53 bits per heavy atom. The van der Waals surface area contributed by atoms with E-state index in [9.17, 15) is 10.2 Å². The van der Waals surface area contributed by atoms with Gasteiger partial charge in [0.05, 0.1) is 19.3 Å². The van der Waals surface area contributed by atoms with Crippen LogP contribution in [-0.2, 0) is 11.3 Å². The Bertz CT molecular complexity index is 325. The lowest BCUT2D eigenvalue weighted by molar-refractivity contribution is 0.0597. The quantitative estimate of drug-likeness (QED) is 0.816. The van der Waals surface area contributed by atoms with Crippen molar-refractivity contribution in [3.63, 3.8) is 0 Å². The summed E-state index contributed by atoms with van der Waals surface area (Å²) in [6.07, 6.45) is 1.19. The number of aliphatic hydroxyl groups excluding tert-OH is 2. The molecule has 0 heterocycles. The summed E-state index contributed by atoms with van der Waals surface area (Å²) in [6.45, 7) is 1.37. The molecule has 3 nitrogen and oxygen atoms in total. The van der Waals surface area contributed by atoms with Gasteiger partial charge < -0.3 is 14.9 Å². The van der Waals surface area contributed by atoms with Gasteiger partial charge >= 0.3 is 0 Å². The largest absolute Gasteiger partial charge is 0.396 e. The van der Waals surface area contributed by atoms with Gasteiger partial charge in [0.15, 0.2) is 0 Å². The highest BCUT2D eigenvalue weighted by molar-refractivity contribution is 5.13. The molecule has 0 spiro atoms. The Hall–Kier alpha value is -0.900. The molecule has 3 heteroatoms. The first-order valence-corrected chi connectivity index (χ1v) is 6.20. The van der Waals surface area contributed by atoms with Gasteiger partial charge in [0.2, 0.25) is 0 Å². The highest BCUT2D eigenvalue weighted by Gasteiger charge is 2.32. The second-order valence-corrected chi connectivity index (χ2v) is 4.83. The average Bonchev–Trinajstić information content (AvgIpc) is 2.71. The van der Waals surface area contributed by atoms with E-state index in [-0.39, 0.29) is 18.6 Å². The first-order chi connectivity index (χ1) is 8.29. The van der Waals surface area contributed by atoms with Crippen molar-refractivity contribution in [3.8, 4) is 0 Å². The number of aliphatic hydroxyl groups is 2. The van der Waals surface area contributed by atoms with Gasteiger partial charge in [0.25, 0.3) is 0 Å². The van der Waals surface area contributed by atoms with E-state index in [0.29, 0.717) is 25.6 Å². The Balaban J connectivity index is 1.75. The molecule has 0 bridgehead atoms.